The molecule has 0 radical (unpaired) electrons. The number of hydrogen-bond acceptors (Lipinski definition) is 6. The third kappa shape index (κ3) is 59.0. The molecule has 0 N–H and O–H groups in total. The summed E-state index contributed by atoms with van der Waals surface area (Å²) in [4.78, 5) is 38.2. The predicted molar refractivity (Wildman–Crippen MR) is 320 cm³/mol. The lowest BCUT2D eigenvalue weighted by Gasteiger charge is -2.18. The lowest BCUT2D eigenvalue weighted by Crippen LogP contribution is -2.30. The van der Waals surface area contributed by atoms with Gasteiger partial charge in [-0.05, 0) is 122 Å². The quantitative estimate of drug-likeness (QED) is 0.0261. The standard InChI is InChI=1S/C68H114O6/c1-4-7-10-13-16-19-22-24-26-28-30-32-33-34-35-37-38-40-42-44-46-49-52-55-58-61-67(70)73-64-65(63-72-66(69)60-57-54-51-48-21-18-15-12-9-6-3)74-68(71)62-59-56-53-50-47-45-43-41-39-36-31-29-27-25-23-20-17-14-11-8-5-2/h7,10,12,15-16,19,23-26,29-32,34-35,39,41,65H,4-6,8-9,11,13-14,17-18,20-22,27-28,33,36-38,40,42-64H2,1-3H3/b10-7-,15-12-,19-16-,25-23-,26-24-,31-29-,32-30-,35-34-,41-39-. The number of rotatable bonds is 55. The van der Waals surface area contributed by atoms with E-state index in [0.29, 0.717) is 19.3 Å². The van der Waals surface area contributed by atoms with Gasteiger partial charge in [-0.15, -0.1) is 0 Å². The predicted octanol–water partition coefficient (Wildman–Crippen LogP) is 21.0. The van der Waals surface area contributed by atoms with Gasteiger partial charge in [0.25, 0.3) is 0 Å². The highest BCUT2D eigenvalue weighted by Gasteiger charge is 2.19. The fourth-order valence-electron chi connectivity index (χ4n) is 8.36. The van der Waals surface area contributed by atoms with Crippen molar-refractivity contribution in [1.29, 1.82) is 0 Å². The molecule has 0 aromatic carbocycles. The second kappa shape index (κ2) is 61.6. The molecule has 0 aliphatic heterocycles. The Kier molecular flexibility index (Phi) is 58.3. The van der Waals surface area contributed by atoms with Gasteiger partial charge >= 0.3 is 17.9 Å². The van der Waals surface area contributed by atoms with Crippen molar-refractivity contribution in [2.75, 3.05) is 13.2 Å². The maximum Gasteiger partial charge on any atom is 0.306 e. The van der Waals surface area contributed by atoms with Crippen molar-refractivity contribution in [3.63, 3.8) is 0 Å². The third-order valence-electron chi connectivity index (χ3n) is 13.0. The summed E-state index contributed by atoms with van der Waals surface area (Å²) in [5, 5.41) is 0. The molecule has 1 unspecified atom stereocenters. The van der Waals surface area contributed by atoms with E-state index in [9.17, 15) is 14.4 Å². The van der Waals surface area contributed by atoms with E-state index in [1.54, 1.807) is 0 Å². The first-order valence-electron chi connectivity index (χ1n) is 30.9. The van der Waals surface area contributed by atoms with Crippen LogP contribution in [0.25, 0.3) is 0 Å². The van der Waals surface area contributed by atoms with Crippen LogP contribution in [0.5, 0.6) is 0 Å². The molecule has 0 amide bonds. The Morgan fingerprint density at radius 3 is 0.892 bits per heavy atom. The molecule has 422 valence electrons. The molecular formula is C68H114O6. The van der Waals surface area contributed by atoms with Gasteiger partial charge in [-0.2, -0.15) is 0 Å². The minimum absolute atomic E-state index is 0.0903. The zero-order chi connectivity index (χ0) is 53.6. The van der Waals surface area contributed by atoms with E-state index in [0.717, 1.165) is 141 Å². The highest BCUT2D eigenvalue weighted by atomic mass is 16.6. The van der Waals surface area contributed by atoms with Gasteiger partial charge in [0.1, 0.15) is 13.2 Å². The van der Waals surface area contributed by atoms with Gasteiger partial charge in [-0.3, -0.25) is 14.4 Å². The van der Waals surface area contributed by atoms with Crippen LogP contribution in [-0.4, -0.2) is 37.2 Å². The summed E-state index contributed by atoms with van der Waals surface area (Å²) >= 11 is 0. The number of carbonyl (C=O) groups excluding carboxylic acids is 3. The second-order valence-corrected chi connectivity index (χ2v) is 20.2. The average molecular weight is 1030 g/mol. The monoisotopic (exact) mass is 1030 g/mol. The van der Waals surface area contributed by atoms with Crippen molar-refractivity contribution < 1.29 is 28.6 Å². The van der Waals surface area contributed by atoms with E-state index in [1.807, 2.05) is 0 Å². The zero-order valence-electron chi connectivity index (χ0n) is 48.3. The Hall–Kier alpha value is -3.93. The Morgan fingerprint density at radius 1 is 0.284 bits per heavy atom. The largest absolute Gasteiger partial charge is 0.462 e. The molecule has 74 heavy (non-hydrogen) atoms. The second-order valence-electron chi connectivity index (χ2n) is 20.2. The number of allylic oxidation sites excluding steroid dienone is 18. The average Bonchev–Trinajstić information content (AvgIpc) is 3.40. The van der Waals surface area contributed by atoms with Crippen LogP contribution in [0.4, 0.5) is 0 Å². The summed E-state index contributed by atoms with van der Waals surface area (Å²) in [7, 11) is 0. The van der Waals surface area contributed by atoms with Crippen molar-refractivity contribution in [3.8, 4) is 0 Å². The highest BCUT2D eigenvalue weighted by Crippen LogP contribution is 2.15. The molecule has 0 saturated carbocycles. The molecule has 0 heterocycles. The van der Waals surface area contributed by atoms with E-state index in [2.05, 4.69) is 130 Å². The SMILES string of the molecule is CC/C=C\C/C=C\C/C=C\C/C=C\C/C=C\CCCCCCCCCCCC(=O)OCC(COC(=O)CCCCCCC/C=C\CCC)OC(=O)CCCCCCCC/C=C\C/C=C\C/C=C\CCCCCCC. The van der Waals surface area contributed by atoms with E-state index in [1.165, 1.54) is 103 Å². The van der Waals surface area contributed by atoms with Crippen LogP contribution < -0.4 is 0 Å². The Bertz CT molecular complexity index is 1510. The van der Waals surface area contributed by atoms with Crippen LogP contribution in [0.2, 0.25) is 0 Å². The smallest absolute Gasteiger partial charge is 0.306 e. The summed E-state index contributed by atoms with van der Waals surface area (Å²) in [5.74, 6) is -0.916. The van der Waals surface area contributed by atoms with Crippen molar-refractivity contribution in [3.05, 3.63) is 109 Å². The van der Waals surface area contributed by atoms with E-state index in [4.69, 9.17) is 14.2 Å². The van der Waals surface area contributed by atoms with Crippen LogP contribution in [0.1, 0.15) is 284 Å². The lowest BCUT2D eigenvalue weighted by atomic mass is 10.1. The molecule has 0 spiro atoms. The molecule has 6 heteroatoms. The van der Waals surface area contributed by atoms with Crippen LogP contribution in [-0.2, 0) is 28.6 Å². The minimum Gasteiger partial charge on any atom is -0.462 e. The van der Waals surface area contributed by atoms with E-state index >= 15 is 0 Å². The first kappa shape index (κ1) is 70.1. The van der Waals surface area contributed by atoms with Gasteiger partial charge in [-0.25, -0.2) is 0 Å². The Balaban J connectivity index is 4.32. The van der Waals surface area contributed by atoms with Gasteiger partial charge in [0, 0.05) is 19.3 Å². The fourth-order valence-corrected chi connectivity index (χ4v) is 8.36. The molecule has 0 rings (SSSR count). The molecule has 1 atom stereocenters. The summed E-state index contributed by atoms with van der Waals surface area (Å²) in [6.07, 6.45) is 83.8. The molecule has 0 bridgehead atoms. The summed E-state index contributed by atoms with van der Waals surface area (Å²) < 4.78 is 16.9. The number of ether oxygens (including phenoxy) is 3. The van der Waals surface area contributed by atoms with Crippen molar-refractivity contribution in [2.45, 2.75) is 290 Å². The molecule has 0 saturated heterocycles. The van der Waals surface area contributed by atoms with Gasteiger partial charge in [-0.1, -0.05) is 252 Å². The number of hydrogen-bond donors (Lipinski definition) is 0. The number of esters is 3. The normalized spacial score (nSPS) is 12.9. The summed E-state index contributed by atoms with van der Waals surface area (Å²) in [6.45, 7) is 6.44. The third-order valence-corrected chi connectivity index (χ3v) is 13.0. The van der Waals surface area contributed by atoms with Crippen LogP contribution >= 0.6 is 0 Å². The number of unbranched alkanes of at least 4 members (excludes halogenated alkanes) is 26. The van der Waals surface area contributed by atoms with E-state index in [-0.39, 0.29) is 31.1 Å². The molecule has 0 fully saturated rings. The van der Waals surface area contributed by atoms with Gasteiger partial charge in [0.05, 0.1) is 0 Å². The van der Waals surface area contributed by atoms with Crippen LogP contribution in [0, 0.1) is 0 Å². The van der Waals surface area contributed by atoms with Crippen LogP contribution in [0.3, 0.4) is 0 Å². The van der Waals surface area contributed by atoms with Crippen molar-refractivity contribution in [1.82, 2.24) is 0 Å². The Morgan fingerprint density at radius 2 is 0.554 bits per heavy atom. The maximum atomic E-state index is 12.9. The highest BCUT2D eigenvalue weighted by molar-refractivity contribution is 5.71. The molecule has 0 aliphatic rings. The number of carbonyl (C=O) groups is 3. The first-order chi connectivity index (χ1) is 36.5. The summed E-state index contributed by atoms with van der Waals surface area (Å²) in [6, 6.07) is 0. The van der Waals surface area contributed by atoms with Gasteiger partial charge in [0.2, 0.25) is 0 Å². The Labute approximate surface area is 457 Å². The van der Waals surface area contributed by atoms with Crippen molar-refractivity contribution >= 4 is 17.9 Å². The zero-order valence-corrected chi connectivity index (χ0v) is 48.3. The van der Waals surface area contributed by atoms with Gasteiger partial charge in [0.15, 0.2) is 6.10 Å². The van der Waals surface area contributed by atoms with Gasteiger partial charge < -0.3 is 14.2 Å². The molecule has 6 nitrogen and oxygen atoms in total. The molecular weight excluding hydrogens is 913 g/mol. The molecule has 0 aromatic heterocycles. The fraction of sp³-hybridized carbons (Fsp3) is 0.691. The minimum atomic E-state index is -0.793. The topological polar surface area (TPSA) is 78.9 Å². The lowest BCUT2D eigenvalue weighted by molar-refractivity contribution is -0.167. The van der Waals surface area contributed by atoms with Crippen LogP contribution in [0.15, 0.2) is 109 Å². The summed E-state index contributed by atoms with van der Waals surface area (Å²) in [5.41, 5.74) is 0. The maximum absolute atomic E-state index is 12.9. The molecule has 0 aliphatic carbocycles. The van der Waals surface area contributed by atoms with E-state index < -0.39 is 6.10 Å². The van der Waals surface area contributed by atoms with Crippen molar-refractivity contribution in [2.24, 2.45) is 0 Å². The first-order valence-corrected chi connectivity index (χ1v) is 30.9. The molecule has 0 aromatic rings.